The van der Waals surface area contributed by atoms with E-state index in [4.69, 9.17) is 21.1 Å². The Labute approximate surface area is 252 Å². The molecule has 3 amide bonds. The van der Waals surface area contributed by atoms with Crippen LogP contribution in [-0.2, 0) is 19.1 Å². The van der Waals surface area contributed by atoms with Crippen molar-refractivity contribution in [1.29, 1.82) is 0 Å². The summed E-state index contributed by atoms with van der Waals surface area (Å²) in [6, 6.07) is 27.0. The zero-order valence-corrected chi connectivity index (χ0v) is 23.7. The lowest BCUT2D eigenvalue weighted by molar-refractivity contribution is -0.122. The van der Waals surface area contributed by atoms with Crippen molar-refractivity contribution in [2.24, 2.45) is 11.8 Å². The van der Waals surface area contributed by atoms with Crippen LogP contribution in [0.3, 0.4) is 0 Å². The first-order chi connectivity index (χ1) is 20.9. The SMILES string of the molecule is COc1ccc(Cl)cc1NC(=O)COC(=O)c1cccc(N2C(=O)[C@@H]3C4c5ccccc5C(c5ccccc54)[C@H]3C2=O)c1. The first-order valence-corrected chi connectivity index (χ1v) is 14.2. The molecule has 8 rings (SSSR count). The zero-order valence-electron chi connectivity index (χ0n) is 23.0. The second kappa shape index (κ2) is 10.4. The van der Waals surface area contributed by atoms with Gasteiger partial charge in [-0.3, -0.25) is 14.4 Å². The van der Waals surface area contributed by atoms with Gasteiger partial charge in [0.05, 0.1) is 35.9 Å². The van der Waals surface area contributed by atoms with E-state index >= 15 is 0 Å². The molecule has 0 radical (unpaired) electrons. The molecular formula is C34H25ClN2O6. The summed E-state index contributed by atoms with van der Waals surface area (Å²) in [6.45, 7) is -0.565. The number of nitrogens with one attached hydrogen (secondary N) is 1. The molecule has 1 heterocycles. The minimum Gasteiger partial charge on any atom is -0.495 e. The highest BCUT2D eigenvalue weighted by molar-refractivity contribution is 6.31. The lowest BCUT2D eigenvalue weighted by Gasteiger charge is -2.45. The normalized spacial score (nSPS) is 21.1. The van der Waals surface area contributed by atoms with Gasteiger partial charge in [0, 0.05) is 16.9 Å². The van der Waals surface area contributed by atoms with E-state index in [-0.39, 0.29) is 29.2 Å². The van der Waals surface area contributed by atoms with E-state index in [2.05, 4.69) is 29.6 Å². The van der Waals surface area contributed by atoms with Crippen molar-refractivity contribution in [3.63, 3.8) is 0 Å². The third-order valence-corrected chi connectivity index (χ3v) is 8.79. The quantitative estimate of drug-likeness (QED) is 0.233. The number of ether oxygens (including phenoxy) is 2. The molecule has 2 atom stereocenters. The summed E-state index contributed by atoms with van der Waals surface area (Å²) in [5.74, 6) is -3.06. The Morgan fingerprint density at radius 2 is 1.37 bits per heavy atom. The number of imide groups is 1. The summed E-state index contributed by atoms with van der Waals surface area (Å²) in [5, 5.41) is 3.01. The van der Waals surface area contributed by atoms with Gasteiger partial charge in [0.15, 0.2) is 6.61 Å². The molecular weight excluding hydrogens is 568 g/mol. The fourth-order valence-electron chi connectivity index (χ4n) is 6.88. The van der Waals surface area contributed by atoms with Gasteiger partial charge in [0.25, 0.3) is 5.91 Å². The number of rotatable bonds is 6. The number of amides is 3. The maximum absolute atomic E-state index is 14.0. The molecule has 1 N–H and O–H groups in total. The highest BCUT2D eigenvalue weighted by Crippen LogP contribution is 2.61. The van der Waals surface area contributed by atoms with E-state index in [0.717, 1.165) is 22.3 Å². The third kappa shape index (κ3) is 4.29. The Kier molecular flexibility index (Phi) is 6.51. The average molecular weight is 593 g/mol. The van der Waals surface area contributed by atoms with Crippen molar-refractivity contribution in [2.45, 2.75) is 11.8 Å². The average Bonchev–Trinajstić information content (AvgIpc) is 3.30. The van der Waals surface area contributed by atoms with Crippen LogP contribution in [0.15, 0.2) is 91.0 Å². The Morgan fingerprint density at radius 3 is 1.93 bits per heavy atom. The maximum Gasteiger partial charge on any atom is 0.338 e. The van der Waals surface area contributed by atoms with Crippen molar-refractivity contribution < 1.29 is 28.7 Å². The molecule has 0 saturated carbocycles. The lowest BCUT2D eigenvalue weighted by atomic mass is 9.55. The van der Waals surface area contributed by atoms with Crippen LogP contribution >= 0.6 is 11.6 Å². The topological polar surface area (TPSA) is 102 Å². The van der Waals surface area contributed by atoms with E-state index in [1.54, 1.807) is 24.3 Å². The first-order valence-electron chi connectivity index (χ1n) is 13.8. The summed E-state index contributed by atoms with van der Waals surface area (Å²) < 4.78 is 10.5. The number of hydrogen-bond donors (Lipinski definition) is 1. The molecule has 0 spiro atoms. The molecule has 1 fully saturated rings. The molecule has 1 saturated heterocycles. The standard InChI is InChI=1S/C34H25ClN2O6/c1-42-26-14-13-19(35)16-25(26)36-27(38)17-43-34(41)18-7-6-8-20(15-18)37-32(39)30-28-21-9-2-3-10-22(21)29(31(30)33(37)40)24-12-5-4-11-23(24)28/h2-16,28-31H,17H2,1H3,(H,36,38)/t28?,29?,30-,31-/m1/s1. The van der Waals surface area contributed by atoms with Gasteiger partial charge in [-0.15, -0.1) is 0 Å². The number of esters is 1. The number of carbonyl (C=O) groups is 4. The Hall–Kier alpha value is -4.95. The second-order valence-corrected chi connectivity index (χ2v) is 11.2. The molecule has 9 heteroatoms. The van der Waals surface area contributed by atoms with Gasteiger partial charge in [-0.2, -0.15) is 0 Å². The number of halogens is 1. The molecule has 4 aromatic carbocycles. The summed E-state index contributed by atoms with van der Waals surface area (Å²) in [7, 11) is 1.46. The van der Waals surface area contributed by atoms with Gasteiger partial charge in [0.2, 0.25) is 11.8 Å². The first kappa shape index (κ1) is 26.9. The smallest absolute Gasteiger partial charge is 0.338 e. The second-order valence-electron chi connectivity index (χ2n) is 10.8. The number of benzene rings is 4. The fraction of sp³-hybridized carbons (Fsp3) is 0.176. The van der Waals surface area contributed by atoms with E-state index in [9.17, 15) is 19.2 Å². The highest BCUT2D eigenvalue weighted by Gasteiger charge is 2.61. The van der Waals surface area contributed by atoms with Gasteiger partial charge < -0.3 is 14.8 Å². The Bertz CT molecular complexity index is 1720. The van der Waals surface area contributed by atoms with E-state index in [1.807, 2.05) is 24.3 Å². The predicted octanol–water partition coefficient (Wildman–Crippen LogP) is 5.54. The lowest BCUT2D eigenvalue weighted by Crippen LogP contribution is -2.41. The van der Waals surface area contributed by atoms with Crippen molar-refractivity contribution in [3.8, 4) is 5.75 Å². The van der Waals surface area contributed by atoms with E-state index in [0.29, 0.717) is 22.1 Å². The largest absolute Gasteiger partial charge is 0.495 e. The van der Waals surface area contributed by atoms with Crippen LogP contribution in [0.25, 0.3) is 0 Å². The number of carbonyl (C=O) groups excluding carboxylic acids is 4. The van der Waals surface area contributed by atoms with Crippen LogP contribution in [-0.4, -0.2) is 37.4 Å². The van der Waals surface area contributed by atoms with Gasteiger partial charge in [0.1, 0.15) is 5.75 Å². The molecule has 3 aliphatic carbocycles. The fourth-order valence-corrected chi connectivity index (χ4v) is 7.05. The van der Waals surface area contributed by atoms with Crippen LogP contribution in [0.4, 0.5) is 11.4 Å². The van der Waals surface area contributed by atoms with Gasteiger partial charge in [-0.1, -0.05) is 66.2 Å². The van der Waals surface area contributed by atoms with E-state index < -0.39 is 30.3 Å². The minimum absolute atomic E-state index is 0.107. The van der Waals surface area contributed by atoms with E-state index in [1.165, 1.54) is 30.2 Å². The van der Waals surface area contributed by atoms with Crippen LogP contribution < -0.4 is 15.0 Å². The highest BCUT2D eigenvalue weighted by atomic mass is 35.5. The summed E-state index contributed by atoms with van der Waals surface area (Å²) in [4.78, 5) is 54.7. The number of hydrogen-bond acceptors (Lipinski definition) is 6. The molecule has 8 nitrogen and oxygen atoms in total. The molecule has 4 aliphatic rings. The van der Waals surface area contributed by atoms with Crippen molar-refractivity contribution in [2.75, 3.05) is 23.9 Å². The minimum atomic E-state index is -0.772. The molecule has 0 aromatic heterocycles. The Balaban J connectivity index is 1.12. The third-order valence-electron chi connectivity index (χ3n) is 8.56. The van der Waals surface area contributed by atoms with Crippen molar-refractivity contribution in [3.05, 3.63) is 124 Å². The summed E-state index contributed by atoms with van der Waals surface area (Å²) in [6.07, 6.45) is 0. The van der Waals surface area contributed by atoms with Gasteiger partial charge >= 0.3 is 5.97 Å². The molecule has 4 aromatic rings. The van der Waals surface area contributed by atoms with Crippen molar-refractivity contribution >= 4 is 46.7 Å². The molecule has 2 bridgehead atoms. The van der Waals surface area contributed by atoms with Crippen LogP contribution in [0, 0.1) is 11.8 Å². The number of nitrogens with zero attached hydrogens (tertiary/aromatic N) is 1. The maximum atomic E-state index is 14.0. The zero-order chi connectivity index (χ0) is 29.8. The number of methoxy groups -OCH3 is 1. The molecule has 0 unspecified atom stereocenters. The number of anilines is 2. The predicted molar refractivity (Wildman–Crippen MR) is 159 cm³/mol. The molecule has 43 heavy (non-hydrogen) atoms. The molecule has 214 valence electrons. The van der Waals surface area contributed by atoms with Crippen LogP contribution in [0.1, 0.15) is 44.4 Å². The van der Waals surface area contributed by atoms with Crippen molar-refractivity contribution in [1.82, 2.24) is 0 Å². The Morgan fingerprint density at radius 1 is 0.791 bits per heavy atom. The molecule has 1 aliphatic heterocycles. The summed E-state index contributed by atoms with van der Waals surface area (Å²) in [5.41, 5.74) is 5.07. The van der Waals surface area contributed by atoms with Gasteiger partial charge in [-0.25, -0.2) is 9.69 Å². The van der Waals surface area contributed by atoms with Crippen LogP contribution in [0.5, 0.6) is 5.75 Å². The monoisotopic (exact) mass is 592 g/mol. The summed E-state index contributed by atoms with van der Waals surface area (Å²) >= 11 is 6.02. The van der Waals surface area contributed by atoms with Gasteiger partial charge in [-0.05, 0) is 58.7 Å². The van der Waals surface area contributed by atoms with Crippen LogP contribution in [0.2, 0.25) is 5.02 Å².